The van der Waals surface area contributed by atoms with Gasteiger partial charge in [0, 0.05) is 30.1 Å². The van der Waals surface area contributed by atoms with Gasteiger partial charge in [-0.15, -0.1) is 11.6 Å². The molecule has 3 nitrogen and oxygen atoms in total. The molecule has 0 unspecified atom stereocenters. The quantitative estimate of drug-likeness (QED) is 0.812. The number of halogens is 1. The summed E-state index contributed by atoms with van der Waals surface area (Å²) < 4.78 is 0. The largest absolute Gasteiger partial charge is 0.326 e. The third-order valence-corrected chi connectivity index (χ3v) is 2.52. The number of rotatable bonds is 2. The molecule has 82 valence electrons. The maximum Gasteiger partial charge on any atom is 0.221 e. The van der Waals surface area contributed by atoms with E-state index in [1.165, 1.54) is 6.92 Å². The number of pyridine rings is 1. The number of anilines is 1. The Labute approximate surface area is 98.4 Å². The molecule has 0 bridgehead atoms. The van der Waals surface area contributed by atoms with Crippen molar-refractivity contribution in [1.29, 1.82) is 0 Å². The zero-order valence-corrected chi connectivity index (χ0v) is 9.58. The Hall–Kier alpha value is -1.61. The molecule has 2 rings (SSSR count). The number of hydrogen-bond acceptors (Lipinski definition) is 2. The van der Waals surface area contributed by atoms with Gasteiger partial charge in [-0.1, -0.05) is 6.07 Å². The Kier molecular flexibility index (Phi) is 3.06. The van der Waals surface area contributed by atoms with Gasteiger partial charge in [0.05, 0.1) is 5.52 Å². The third-order valence-electron chi connectivity index (χ3n) is 2.22. The molecule has 0 radical (unpaired) electrons. The van der Waals surface area contributed by atoms with Gasteiger partial charge in [0.25, 0.3) is 0 Å². The van der Waals surface area contributed by atoms with Crippen LogP contribution in [0.3, 0.4) is 0 Å². The second-order valence-electron chi connectivity index (χ2n) is 3.57. The Morgan fingerprint density at radius 3 is 2.94 bits per heavy atom. The van der Waals surface area contributed by atoms with Crippen molar-refractivity contribution in [2.45, 2.75) is 12.8 Å². The van der Waals surface area contributed by atoms with E-state index in [4.69, 9.17) is 11.6 Å². The Bertz CT molecular complexity index is 540. The van der Waals surface area contributed by atoms with Gasteiger partial charge in [0.15, 0.2) is 0 Å². The highest BCUT2D eigenvalue weighted by Gasteiger charge is 2.00. The molecule has 0 atom stereocenters. The number of hydrogen-bond donors (Lipinski definition) is 1. The van der Waals surface area contributed by atoms with Gasteiger partial charge in [-0.3, -0.25) is 9.78 Å². The van der Waals surface area contributed by atoms with Crippen LogP contribution in [0.1, 0.15) is 12.5 Å². The molecule has 4 heteroatoms. The summed E-state index contributed by atoms with van der Waals surface area (Å²) in [5.74, 6) is 0.368. The van der Waals surface area contributed by atoms with Crippen LogP contribution >= 0.6 is 11.6 Å². The first-order valence-corrected chi connectivity index (χ1v) is 5.45. The van der Waals surface area contributed by atoms with E-state index in [1.807, 2.05) is 24.3 Å². The van der Waals surface area contributed by atoms with E-state index in [9.17, 15) is 4.79 Å². The van der Waals surface area contributed by atoms with E-state index < -0.39 is 0 Å². The van der Waals surface area contributed by atoms with Crippen molar-refractivity contribution in [2.75, 3.05) is 5.32 Å². The summed E-state index contributed by atoms with van der Waals surface area (Å²) in [4.78, 5) is 15.2. The van der Waals surface area contributed by atoms with Crippen molar-refractivity contribution >= 4 is 34.1 Å². The number of fused-ring (bicyclic) bond motifs is 1. The highest BCUT2D eigenvalue weighted by Crippen LogP contribution is 2.19. The molecule has 1 heterocycles. The maximum atomic E-state index is 10.9. The van der Waals surface area contributed by atoms with E-state index in [0.29, 0.717) is 5.88 Å². The summed E-state index contributed by atoms with van der Waals surface area (Å²) in [5, 5.41) is 3.74. The Morgan fingerprint density at radius 1 is 1.44 bits per heavy atom. The number of carbonyl (C=O) groups is 1. The fraction of sp³-hybridized carbons (Fsp3) is 0.167. The molecule has 1 aromatic carbocycles. The number of benzene rings is 1. The SMILES string of the molecule is CC(=O)Nc1ccc2cc(CCl)cnc2c1. The molecular formula is C12H11ClN2O. The standard InChI is InChI=1S/C12H11ClN2O/c1-8(16)15-11-3-2-10-4-9(6-13)7-14-12(10)5-11/h2-5,7H,6H2,1H3,(H,15,16). The summed E-state index contributed by atoms with van der Waals surface area (Å²) in [6.45, 7) is 1.48. The molecule has 2 aromatic rings. The Morgan fingerprint density at radius 2 is 2.25 bits per heavy atom. The molecule has 0 aliphatic rings. The van der Waals surface area contributed by atoms with Gasteiger partial charge in [-0.05, 0) is 23.8 Å². The lowest BCUT2D eigenvalue weighted by Crippen LogP contribution is -2.05. The lowest BCUT2D eigenvalue weighted by atomic mass is 10.1. The maximum absolute atomic E-state index is 10.9. The van der Waals surface area contributed by atoms with Gasteiger partial charge in [-0.25, -0.2) is 0 Å². The van der Waals surface area contributed by atoms with E-state index >= 15 is 0 Å². The first-order chi connectivity index (χ1) is 7.69. The molecule has 1 aromatic heterocycles. The van der Waals surface area contributed by atoms with Crippen LogP contribution in [-0.4, -0.2) is 10.9 Å². The molecule has 0 fully saturated rings. The van der Waals surface area contributed by atoms with Crippen molar-refractivity contribution in [3.8, 4) is 0 Å². The van der Waals surface area contributed by atoms with Crippen molar-refractivity contribution in [3.05, 3.63) is 36.0 Å². The van der Waals surface area contributed by atoms with Crippen LogP contribution in [-0.2, 0) is 10.7 Å². The zero-order valence-electron chi connectivity index (χ0n) is 8.83. The number of aromatic nitrogens is 1. The van der Waals surface area contributed by atoms with Crippen molar-refractivity contribution in [1.82, 2.24) is 4.98 Å². The van der Waals surface area contributed by atoms with E-state index in [-0.39, 0.29) is 5.91 Å². The van der Waals surface area contributed by atoms with Gasteiger partial charge in [-0.2, -0.15) is 0 Å². The summed E-state index contributed by atoms with van der Waals surface area (Å²) in [6, 6.07) is 7.61. The average molecular weight is 235 g/mol. The summed E-state index contributed by atoms with van der Waals surface area (Å²) in [5.41, 5.74) is 2.59. The molecule has 0 saturated heterocycles. The van der Waals surface area contributed by atoms with E-state index in [1.54, 1.807) is 6.20 Å². The molecule has 0 saturated carbocycles. The van der Waals surface area contributed by atoms with Crippen molar-refractivity contribution in [2.24, 2.45) is 0 Å². The van der Waals surface area contributed by atoms with E-state index in [2.05, 4.69) is 10.3 Å². The lowest BCUT2D eigenvalue weighted by Gasteiger charge is -2.04. The summed E-state index contributed by atoms with van der Waals surface area (Å²) >= 11 is 5.73. The van der Waals surface area contributed by atoms with E-state index in [0.717, 1.165) is 22.2 Å². The van der Waals surface area contributed by atoms with Crippen molar-refractivity contribution < 1.29 is 4.79 Å². The molecule has 0 aliphatic heterocycles. The molecule has 0 aliphatic carbocycles. The third kappa shape index (κ3) is 2.31. The van der Waals surface area contributed by atoms with Crippen LogP contribution in [0.5, 0.6) is 0 Å². The van der Waals surface area contributed by atoms with Crippen LogP contribution in [0.15, 0.2) is 30.5 Å². The second kappa shape index (κ2) is 4.49. The lowest BCUT2D eigenvalue weighted by molar-refractivity contribution is -0.114. The molecular weight excluding hydrogens is 224 g/mol. The van der Waals surface area contributed by atoms with Gasteiger partial charge < -0.3 is 5.32 Å². The number of alkyl halides is 1. The topological polar surface area (TPSA) is 42.0 Å². The van der Waals surface area contributed by atoms with Gasteiger partial charge in [0.1, 0.15) is 0 Å². The number of amides is 1. The molecule has 1 amide bonds. The highest BCUT2D eigenvalue weighted by molar-refractivity contribution is 6.17. The molecule has 0 spiro atoms. The predicted octanol–water partition coefficient (Wildman–Crippen LogP) is 2.93. The number of nitrogens with one attached hydrogen (secondary N) is 1. The van der Waals surface area contributed by atoms with Crippen molar-refractivity contribution in [3.63, 3.8) is 0 Å². The average Bonchev–Trinajstić information content (AvgIpc) is 2.27. The minimum Gasteiger partial charge on any atom is -0.326 e. The normalized spacial score (nSPS) is 10.4. The first kappa shape index (κ1) is 10.9. The van der Waals surface area contributed by atoms with Gasteiger partial charge >= 0.3 is 0 Å². The van der Waals surface area contributed by atoms with Crippen LogP contribution in [0.4, 0.5) is 5.69 Å². The minimum absolute atomic E-state index is 0.0864. The number of nitrogens with zero attached hydrogens (tertiary/aromatic N) is 1. The van der Waals surface area contributed by atoms with Crippen LogP contribution in [0, 0.1) is 0 Å². The first-order valence-electron chi connectivity index (χ1n) is 4.91. The summed E-state index contributed by atoms with van der Waals surface area (Å²) in [7, 11) is 0. The van der Waals surface area contributed by atoms with Gasteiger partial charge in [0.2, 0.25) is 5.91 Å². The number of carbonyl (C=O) groups excluding carboxylic acids is 1. The predicted molar refractivity (Wildman–Crippen MR) is 65.6 cm³/mol. The van der Waals surface area contributed by atoms with Crippen LogP contribution in [0.2, 0.25) is 0 Å². The minimum atomic E-state index is -0.0864. The fourth-order valence-electron chi connectivity index (χ4n) is 1.52. The smallest absolute Gasteiger partial charge is 0.221 e. The monoisotopic (exact) mass is 234 g/mol. The zero-order chi connectivity index (χ0) is 11.5. The van der Waals surface area contributed by atoms with Crippen LogP contribution in [0.25, 0.3) is 10.9 Å². The van der Waals surface area contributed by atoms with Crippen LogP contribution < -0.4 is 5.32 Å². The second-order valence-corrected chi connectivity index (χ2v) is 3.83. The Balaban J connectivity index is 2.43. The fourth-order valence-corrected chi connectivity index (χ4v) is 1.67. The highest BCUT2D eigenvalue weighted by atomic mass is 35.5. The summed E-state index contributed by atoms with van der Waals surface area (Å²) in [6.07, 6.45) is 1.74. The molecule has 16 heavy (non-hydrogen) atoms. The molecule has 1 N–H and O–H groups in total.